The van der Waals surface area contributed by atoms with Gasteiger partial charge in [-0.15, -0.1) is 0 Å². The van der Waals surface area contributed by atoms with Gasteiger partial charge < -0.3 is 10.1 Å². The van der Waals surface area contributed by atoms with Crippen LogP contribution in [0.25, 0.3) is 6.08 Å². The Morgan fingerprint density at radius 2 is 1.97 bits per heavy atom. The minimum atomic E-state index is -0.388. The number of thioether (sulfide) groups is 1. The van der Waals surface area contributed by atoms with Gasteiger partial charge in [-0.3, -0.25) is 19.3 Å². The van der Waals surface area contributed by atoms with E-state index in [1.807, 2.05) is 13.8 Å². The number of nitrogens with one attached hydrogen (secondary N) is 1. The summed E-state index contributed by atoms with van der Waals surface area (Å²) < 4.78 is 19.1. The number of amides is 3. The molecular weight excluding hydrogens is 487 g/mol. The first-order valence-electron chi connectivity index (χ1n) is 9.53. The van der Waals surface area contributed by atoms with E-state index in [-0.39, 0.29) is 35.5 Å². The highest BCUT2D eigenvalue weighted by Crippen LogP contribution is 2.35. The molecule has 0 radical (unpaired) electrons. The van der Waals surface area contributed by atoms with Crippen LogP contribution >= 0.6 is 27.7 Å². The van der Waals surface area contributed by atoms with Crippen molar-refractivity contribution in [3.8, 4) is 5.75 Å². The highest BCUT2D eigenvalue weighted by atomic mass is 79.9. The summed E-state index contributed by atoms with van der Waals surface area (Å²) in [6, 6.07) is 10.4. The van der Waals surface area contributed by atoms with E-state index in [1.165, 1.54) is 29.2 Å². The Morgan fingerprint density at radius 3 is 2.61 bits per heavy atom. The number of carbonyl (C=O) groups is 3. The zero-order valence-corrected chi connectivity index (χ0v) is 19.3. The average molecular weight is 507 g/mol. The van der Waals surface area contributed by atoms with Gasteiger partial charge in [0.2, 0.25) is 0 Å². The lowest BCUT2D eigenvalue weighted by Gasteiger charge is -2.19. The Bertz CT molecular complexity index is 1040. The molecule has 1 atom stereocenters. The fourth-order valence-electron chi connectivity index (χ4n) is 2.79. The lowest BCUT2D eigenvalue weighted by atomic mass is 10.2. The van der Waals surface area contributed by atoms with Gasteiger partial charge in [-0.25, -0.2) is 4.39 Å². The van der Waals surface area contributed by atoms with E-state index in [9.17, 15) is 18.8 Å². The minimum Gasteiger partial charge on any atom is -0.483 e. The number of nitrogens with zero attached hydrogens (tertiary/aromatic N) is 1. The molecule has 1 N–H and O–H groups in total. The SMILES string of the molecule is CC[C@H](C)N1C(=O)S/C(=C/c2ccc(OCC(=O)Nc3ccc(F)cc3)c(Br)c2)C1=O. The summed E-state index contributed by atoms with van der Waals surface area (Å²) in [4.78, 5) is 38.3. The van der Waals surface area contributed by atoms with E-state index >= 15 is 0 Å². The van der Waals surface area contributed by atoms with Crippen LogP contribution in [0.3, 0.4) is 0 Å². The highest BCUT2D eigenvalue weighted by molar-refractivity contribution is 9.10. The van der Waals surface area contributed by atoms with E-state index in [2.05, 4.69) is 21.2 Å². The van der Waals surface area contributed by atoms with Crippen molar-refractivity contribution in [1.29, 1.82) is 0 Å². The molecule has 1 aliphatic heterocycles. The molecular formula is C22H20BrFN2O4S. The average Bonchev–Trinajstić information content (AvgIpc) is 3.01. The second-order valence-electron chi connectivity index (χ2n) is 6.84. The van der Waals surface area contributed by atoms with Crippen LogP contribution in [0.15, 0.2) is 51.8 Å². The Labute approximate surface area is 192 Å². The van der Waals surface area contributed by atoms with Gasteiger partial charge in [0.15, 0.2) is 6.61 Å². The van der Waals surface area contributed by atoms with Crippen molar-refractivity contribution < 1.29 is 23.5 Å². The number of imide groups is 1. The molecule has 1 saturated heterocycles. The monoisotopic (exact) mass is 506 g/mol. The van der Waals surface area contributed by atoms with Crippen LogP contribution in [0.5, 0.6) is 5.75 Å². The standard InChI is InChI=1S/C22H20BrFN2O4S/c1-3-13(2)26-21(28)19(31-22(26)29)11-14-4-9-18(17(23)10-14)30-12-20(27)25-16-7-5-15(24)6-8-16/h4-11,13H,3,12H2,1-2H3,(H,25,27)/b19-11+/t13-/m0/s1. The summed E-state index contributed by atoms with van der Waals surface area (Å²) in [5, 5.41) is 2.35. The molecule has 3 amide bonds. The van der Waals surface area contributed by atoms with E-state index in [0.717, 1.165) is 11.8 Å². The maximum absolute atomic E-state index is 12.9. The molecule has 3 rings (SSSR count). The van der Waals surface area contributed by atoms with Gasteiger partial charge in [-0.05, 0) is 89.1 Å². The summed E-state index contributed by atoms with van der Waals surface area (Å²) in [5.74, 6) is -0.624. The molecule has 0 aromatic heterocycles. The van der Waals surface area contributed by atoms with E-state index in [0.29, 0.717) is 32.8 Å². The van der Waals surface area contributed by atoms with Gasteiger partial charge in [0.25, 0.3) is 17.1 Å². The summed E-state index contributed by atoms with van der Waals surface area (Å²) in [5.41, 5.74) is 1.18. The molecule has 1 fully saturated rings. The number of hydrogen-bond donors (Lipinski definition) is 1. The second-order valence-corrected chi connectivity index (χ2v) is 8.69. The van der Waals surface area contributed by atoms with E-state index in [1.54, 1.807) is 24.3 Å². The van der Waals surface area contributed by atoms with Gasteiger partial charge >= 0.3 is 0 Å². The lowest BCUT2D eigenvalue weighted by molar-refractivity contribution is -0.124. The Kier molecular flexibility index (Phi) is 7.50. The fourth-order valence-corrected chi connectivity index (χ4v) is 4.23. The number of benzene rings is 2. The molecule has 9 heteroatoms. The Morgan fingerprint density at radius 1 is 1.26 bits per heavy atom. The molecule has 2 aromatic carbocycles. The predicted octanol–water partition coefficient (Wildman–Crippen LogP) is 5.44. The number of anilines is 1. The Balaban J connectivity index is 1.63. The number of rotatable bonds is 7. The number of hydrogen-bond acceptors (Lipinski definition) is 5. The molecule has 1 aliphatic rings. The van der Waals surface area contributed by atoms with Gasteiger partial charge in [0.05, 0.1) is 9.38 Å². The third kappa shape index (κ3) is 5.74. The third-order valence-electron chi connectivity index (χ3n) is 4.60. The summed E-state index contributed by atoms with van der Waals surface area (Å²) in [6.45, 7) is 3.53. The Hall–Kier alpha value is -2.65. The number of carbonyl (C=O) groups excluding carboxylic acids is 3. The van der Waals surface area contributed by atoms with Crippen LogP contribution in [0.2, 0.25) is 0 Å². The maximum Gasteiger partial charge on any atom is 0.293 e. The van der Waals surface area contributed by atoms with Crippen LogP contribution in [0.1, 0.15) is 25.8 Å². The largest absolute Gasteiger partial charge is 0.483 e. The second kappa shape index (κ2) is 10.1. The number of ether oxygens (including phenoxy) is 1. The number of halogens is 2. The molecule has 0 saturated carbocycles. The van der Waals surface area contributed by atoms with Crippen molar-refractivity contribution in [1.82, 2.24) is 4.90 Å². The van der Waals surface area contributed by atoms with Gasteiger partial charge in [-0.1, -0.05) is 13.0 Å². The van der Waals surface area contributed by atoms with Crippen LogP contribution in [0.4, 0.5) is 14.9 Å². The topological polar surface area (TPSA) is 75.7 Å². The summed E-state index contributed by atoms with van der Waals surface area (Å²) in [7, 11) is 0. The molecule has 0 spiro atoms. The molecule has 0 aliphatic carbocycles. The first kappa shape index (κ1) is 23.0. The van der Waals surface area contributed by atoms with Crippen molar-refractivity contribution in [2.45, 2.75) is 26.3 Å². The zero-order chi connectivity index (χ0) is 22.5. The van der Waals surface area contributed by atoms with Crippen LogP contribution < -0.4 is 10.1 Å². The van der Waals surface area contributed by atoms with Gasteiger partial charge in [0, 0.05) is 11.7 Å². The smallest absolute Gasteiger partial charge is 0.293 e. The van der Waals surface area contributed by atoms with E-state index in [4.69, 9.17) is 4.74 Å². The van der Waals surface area contributed by atoms with Gasteiger partial charge in [0.1, 0.15) is 11.6 Å². The minimum absolute atomic E-state index is 0.151. The van der Waals surface area contributed by atoms with Crippen LogP contribution in [-0.2, 0) is 9.59 Å². The van der Waals surface area contributed by atoms with E-state index < -0.39 is 0 Å². The lowest BCUT2D eigenvalue weighted by Crippen LogP contribution is -2.36. The third-order valence-corrected chi connectivity index (χ3v) is 6.10. The normalized spacial score (nSPS) is 16.0. The predicted molar refractivity (Wildman–Crippen MR) is 122 cm³/mol. The molecule has 0 bridgehead atoms. The molecule has 162 valence electrons. The maximum atomic E-state index is 12.9. The van der Waals surface area contributed by atoms with Crippen molar-refractivity contribution >= 4 is 56.5 Å². The van der Waals surface area contributed by atoms with Crippen molar-refractivity contribution in [2.24, 2.45) is 0 Å². The zero-order valence-electron chi connectivity index (χ0n) is 16.9. The highest BCUT2D eigenvalue weighted by Gasteiger charge is 2.37. The van der Waals surface area contributed by atoms with Crippen LogP contribution in [0, 0.1) is 5.82 Å². The molecule has 1 heterocycles. The van der Waals surface area contributed by atoms with Crippen LogP contribution in [-0.4, -0.2) is 34.6 Å². The first-order valence-corrected chi connectivity index (χ1v) is 11.1. The van der Waals surface area contributed by atoms with Crippen molar-refractivity contribution in [2.75, 3.05) is 11.9 Å². The molecule has 0 unspecified atom stereocenters. The molecule has 2 aromatic rings. The van der Waals surface area contributed by atoms with Gasteiger partial charge in [-0.2, -0.15) is 0 Å². The quantitative estimate of drug-likeness (QED) is 0.506. The molecule has 6 nitrogen and oxygen atoms in total. The molecule has 31 heavy (non-hydrogen) atoms. The van der Waals surface area contributed by atoms with Crippen molar-refractivity contribution in [3.05, 3.63) is 63.2 Å². The van der Waals surface area contributed by atoms with Crippen molar-refractivity contribution in [3.63, 3.8) is 0 Å². The first-order chi connectivity index (χ1) is 14.8. The summed E-state index contributed by atoms with van der Waals surface area (Å²) in [6.07, 6.45) is 2.35. The summed E-state index contributed by atoms with van der Waals surface area (Å²) >= 11 is 4.32. The fraction of sp³-hybridized carbons (Fsp3) is 0.227.